The highest BCUT2D eigenvalue weighted by molar-refractivity contribution is 6.42. The van der Waals surface area contributed by atoms with Crippen LogP contribution in [-0.2, 0) is 19.7 Å². The van der Waals surface area contributed by atoms with E-state index in [0.717, 1.165) is 24.2 Å². The van der Waals surface area contributed by atoms with Gasteiger partial charge in [-0.3, -0.25) is 0 Å². The molecular weight excluding hydrogens is 417 g/mol. The molecule has 0 saturated heterocycles. The van der Waals surface area contributed by atoms with Crippen LogP contribution in [0.15, 0.2) is 66.7 Å². The first-order chi connectivity index (χ1) is 13.2. The van der Waals surface area contributed by atoms with Gasteiger partial charge in [0.05, 0.1) is 17.2 Å². The van der Waals surface area contributed by atoms with Crippen LogP contribution in [0.2, 0.25) is 10.0 Å². The molecule has 0 aromatic heterocycles. The van der Waals surface area contributed by atoms with Crippen molar-refractivity contribution in [1.29, 1.82) is 0 Å². The third kappa shape index (κ3) is 6.32. The molecule has 0 unspecified atom stereocenters. The summed E-state index contributed by atoms with van der Waals surface area (Å²) in [5.74, 6) is 1.39. The molecule has 0 amide bonds. The smallest absolute Gasteiger partial charge is 0.161 e. The second-order valence-electron chi connectivity index (χ2n) is 6.11. The van der Waals surface area contributed by atoms with Gasteiger partial charge in [-0.1, -0.05) is 65.7 Å². The van der Waals surface area contributed by atoms with Crippen LogP contribution in [-0.4, -0.2) is 7.11 Å². The first-order valence-electron chi connectivity index (χ1n) is 8.64. The quantitative estimate of drug-likeness (QED) is 0.448. The van der Waals surface area contributed by atoms with Gasteiger partial charge in [0.25, 0.3) is 0 Å². The van der Waals surface area contributed by atoms with E-state index in [4.69, 9.17) is 32.7 Å². The Bertz CT molecular complexity index is 888. The first-order valence-corrected chi connectivity index (χ1v) is 9.39. The van der Waals surface area contributed by atoms with Gasteiger partial charge in [-0.25, -0.2) is 0 Å². The Labute approximate surface area is 182 Å². The number of halogens is 3. The highest BCUT2D eigenvalue weighted by Crippen LogP contribution is 2.29. The summed E-state index contributed by atoms with van der Waals surface area (Å²) in [7, 11) is 1.64. The van der Waals surface area contributed by atoms with E-state index in [-0.39, 0.29) is 12.4 Å². The molecule has 0 radical (unpaired) electrons. The van der Waals surface area contributed by atoms with E-state index in [0.29, 0.717) is 28.2 Å². The Balaban J connectivity index is 0.00000280. The molecule has 0 aliphatic heterocycles. The number of nitrogens with one attached hydrogen (secondary N) is 1. The van der Waals surface area contributed by atoms with Gasteiger partial charge in [0.15, 0.2) is 11.5 Å². The Kier molecular flexibility index (Phi) is 8.94. The SMILES string of the molecule is COc1cc(CNCc2ccccc2)ccc1OCc1ccc(Cl)c(Cl)c1.Cl. The van der Waals surface area contributed by atoms with E-state index in [1.54, 1.807) is 19.2 Å². The number of benzene rings is 3. The van der Waals surface area contributed by atoms with Gasteiger partial charge in [0.2, 0.25) is 0 Å². The van der Waals surface area contributed by atoms with E-state index in [1.165, 1.54) is 5.56 Å². The van der Waals surface area contributed by atoms with E-state index in [2.05, 4.69) is 17.4 Å². The Morgan fingerprint density at radius 3 is 2.18 bits per heavy atom. The topological polar surface area (TPSA) is 30.5 Å². The van der Waals surface area contributed by atoms with Crippen LogP contribution in [0.3, 0.4) is 0 Å². The summed E-state index contributed by atoms with van der Waals surface area (Å²) in [6.07, 6.45) is 0. The summed E-state index contributed by atoms with van der Waals surface area (Å²) >= 11 is 12.0. The fourth-order valence-electron chi connectivity index (χ4n) is 2.68. The van der Waals surface area contributed by atoms with Crippen molar-refractivity contribution in [3.63, 3.8) is 0 Å². The summed E-state index contributed by atoms with van der Waals surface area (Å²) in [5.41, 5.74) is 3.33. The normalized spacial score (nSPS) is 10.2. The van der Waals surface area contributed by atoms with Gasteiger partial charge in [-0.2, -0.15) is 0 Å². The third-order valence-electron chi connectivity index (χ3n) is 4.11. The zero-order valence-corrected chi connectivity index (χ0v) is 17.8. The Morgan fingerprint density at radius 1 is 0.750 bits per heavy atom. The maximum atomic E-state index is 6.05. The van der Waals surface area contributed by atoms with Crippen LogP contribution in [0, 0.1) is 0 Å². The number of hydrogen-bond acceptors (Lipinski definition) is 3. The number of rotatable bonds is 8. The van der Waals surface area contributed by atoms with Crippen molar-refractivity contribution in [2.75, 3.05) is 7.11 Å². The Hall–Kier alpha value is -1.91. The average Bonchev–Trinajstić information content (AvgIpc) is 2.70. The van der Waals surface area contributed by atoms with Crippen LogP contribution in [0.4, 0.5) is 0 Å². The van der Waals surface area contributed by atoms with Crippen molar-refractivity contribution in [3.05, 3.63) is 93.5 Å². The fraction of sp³-hybridized carbons (Fsp3) is 0.182. The van der Waals surface area contributed by atoms with Gasteiger partial charge >= 0.3 is 0 Å². The highest BCUT2D eigenvalue weighted by Gasteiger charge is 2.07. The summed E-state index contributed by atoms with van der Waals surface area (Å²) in [5, 5.41) is 4.49. The molecule has 3 aromatic rings. The molecule has 28 heavy (non-hydrogen) atoms. The molecule has 0 heterocycles. The predicted molar refractivity (Wildman–Crippen MR) is 118 cm³/mol. The van der Waals surface area contributed by atoms with Crippen LogP contribution >= 0.6 is 35.6 Å². The van der Waals surface area contributed by atoms with E-state index in [9.17, 15) is 0 Å². The largest absolute Gasteiger partial charge is 0.493 e. The molecule has 0 bridgehead atoms. The molecule has 0 spiro atoms. The molecule has 0 fully saturated rings. The van der Waals surface area contributed by atoms with Gasteiger partial charge < -0.3 is 14.8 Å². The lowest BCUT2D eigenvalue weighted by atomic mass is 10.2. The summed E-state index contributed by atoms with van der Waals surface area (Å²) in [4.78, 5) is 0. The molecule has 3 nitrogen and oxygen atoms in total. The van der Waals surface area contributed by atoms with E-state index < -0.39 is 0 Å². The third-order valence-corrected chi connectivity index (χ3v) is 4.85. The van der Waals surface area contributed by atoms with Crippen LogP contribution in [0.5, 0.6) is 11.5 Å². The molecule has 3 rings (SSSR count). The molecule has 3 aromatic carbocycles. The molecule has 0 aliphatic carbocycles. The maximum Gasteiger partial charge on any atom is 0.161 e. The van der Waals surface area contributed by atoms with E-state index in [1.807, 2.05) is 42.5 Å². The monoisotopic (exact) mass is 437 g/mol. The second-order valence-corrected chi connectivity index (χ2v) is 6.93. The average molecular weight is 439 g/mol. The molecule has 0 atom stereocenters. The molecule has 1 N–H and O–H groups in total. The minimum atomic E-state index is 0. The lowest BCUT2D eigenvalue weighted by molar-refractivity contribution is 0.284. The van der Waals surface area contributed by atoms with Crippen LogP contribution in [0.25, 0.3) is 0 Å². The van der Waals surface area contributed by atoms with Crippen molar-refractivity contribution >= 4 is 35.6 Å². The van der Waals surface area contributed by atoms with Crippen molar-refractivity contribution in [1.82, 2.24) is 5.32 Å². The summed E-state index contributed by atoms with van der Waals surface area (Å²) < 4.78 is 11.4. The standard InChI is InChI=1S/C22H21Cl2NO2.ClH/c1-26-22-12-17(14-25-13-16-5-3-2-4-6-16)8-10-21(22)27-15-18-7-9-19(23)20(24)11-18;/h2-12,25H,13-15H2,1H3;1H. The summed E-state index contributed by atoms with van der Waals surface area (Å²) in [6.45, 7) is 1.95. The fourth-order valence-corrected chi connectivity index (χ4v) is 3.00. The zero-order chi connectivity index (χ0) is 19.1. The van der Waals surface area contributed by atoms with Gasteiger partial charge in [0, 0.05) is 13.1 Å². The molecule has 0 saturated carbocycles. The van der Waals surface area contributed by atoms with Crippen LogP contribution in [0.1, 0.15) is 16.7 Å². The second kappa shape index (κ2) is 11.2. The van der Waals surface area contributed by atoms with Crippen molar-refractivity contribution in [2.45, 2.75) is 19.7 Å². The molecule has 6 heteroatoms. The lowest BCUT2D eigenvalue weighted by Crippen LogP contribution is -2.12. The van der Waals surface area contributed by atoms with Crippen molar-refractivity contribution < 1.29 is 9.47 Å². The van der Waals surface area contributed by atoms with Crippen molar-refractivity contribution in [3.8, 4) is 11.5 Å². The number of methoxy groups -OCH3 is 1. The predicted octanol–water partition coefficient (Wildman–Crippen LogP) is 6.29. The number of ether oxygens (including phenoxy) is 2. The van der Waals surface area contributed by atoms with E-state index >= 15 is 0 Å². The highest BCUT2D eigenvalue weighted by atomic mass is 35.5. The number of hydrogen-bond donors (Lipinski definition) is 1. The van der Waals surface area contributed by atoms with Crippen molar-refractivity contribution in [2.24, 2.45) is 0 Å². The minimum Gasteiger partial charge on any atom is -0.493 e. The molecule has 148 valence electrons. The maximum absolute atomic E-state index is 6.05. The minimum absolute atomic E-state index is 0. The summed E-state index contributed by atoms with van der Waals surface area (Å²) in [6, 6.07) is 21.7. The molecular formula is C22H22Cl3NO2. The lowest BCUT2D eigenvalue weighted by Gasteiger charge is -2.13. The first kappa shape index (κ1) is 22.4. The Morgan fingerprint density at radius 2 is 1.46 bits per heavy atom. The zero-order valence-electron chi connectivity index (χ0n) is 15.5. The van der Waals surface area contributed by atoms with Gasteiger partial charge in [-0.05, 0) is 41.0 Å². The van der Waals surface area contributed by atoms with Gasteiger partial charge in [0.1, 0.15) is 6.61 Å². The molecule has 0 aliphatic rings. The van der Waals surface area contributed by atoms with Crippen LogP contribution < -0.4 is 14.8 Å². The van der Waals surface area contributed by atoms with Gasteiger partial charge in [-0.15, -0.1) is 12.4 Å².